The Morgan fingerprint density at radius 1 is 1.32 bits per heavy atom. The highest BCUT2D eigenvalue weighted by Gasteiger charge is 2.38. The lowest BCUT2D eigenvalue weighted by molar-refractivity contribution is -0.146. The maximum atomic E-state index is 12.9. The van der Waals surface area contributed by atoms with E-state index < -0.39 is 18.1 Å². The Kier molecular flexibility index (Phi) is 3.67. The number of aliphatic hydroxyl groups is 1. The zero-order valence-corrected chi connectivity index (χ0v) is 12.0. The third-order valence-electron chi connectivity index (χ3n) is 3.97. The van der Waals surface area contributed by atoms with Crippen molar-refractivity contribution in [1.82, 2.24) is 19.8 Å². The molecule has 0 bridgehead atoms. The first-order valence-electron chi connectivity index (χ1n) is 7.09. The summed E-state index contributed by atoms with van der Waals surface area (Å²) < 4.78 is 39.4. The average Bonchev–Trinajstić information content (AvgIpc) is 2.90. The van der Waals surface area contributed by atoms with Crippen LogP contribution in [0.15, 0.2) is 12.1 Å². The second-order valence-electron chi connectivity index (χ2n) is 5.57. The molecule has 2 atom stereocenters. The molecule has 3 heterocycles. The Morgan fingerprint density at radius 3 is 2.77 bits per heavy atom. The maximum absolute atomic E-state index is 12.9. The number of halogens is 3. The maximum Gasteiger partial charge on any atom is 0.453 e. The zero-order valence-electron chi connectivity index (χ0n) is 12.0. The fraction of sp³-hybridized carbons (Fsp3) is 0.615. The fourth-order valence-corrected chi connectivity index (χ4v) is 2.74. The second-order valence-corrected chi connectivity index (χ2v) is 5.57. The summed E-state index contributed by atoms with van der Waals surface area (Å²) in [5, 5.41) is 20.4. The smallest absolute Gasteiger partial charge is 0.393 e. The highest BCUT2D eigenvalue weighted by atomic mass is 19.4. The van der Waals surface area contributed by atoms with Gasteiger partial charge in [0.25, 0.3) is 5.82 Å². The van der Waals surface area contributed by atoms with Gasteiger partial charge in [0.05, 0.1) is 6.10 Å². The summed E-state index contributed by atoms with van der Waals surface area (Å²) in [4.78, 5) is 1.89. The number of anilines is 1. The number of hydrogen-bond acceptors (Lipinski definition) is 5. The largest absolute Gasteiger partial charge is 0.453 e. The summed E-state index contributed by atoms with van der Waals surface area (Å²) in [6, 6.07) is 3.10. The standard InChI is InChI=1S/C13H16F3N5O/c1-8(22)9-3-2-6-20(7-9)11-5-4-10-17-18-12(13(14,15)16)21(10)19-11/h4-5,8-9,22H,2-3,6-7H2,1H3. The molecule has 0 aliphatic carbocycles. The van der Waals surface area contributed by atoms with Crippen LogP contribution in [-0.4, -0.2) is 44.1 Å². The normalized spacial score (nSPS) is 21.3. The molecule has 0 aromatic carbocycles. The van der Waals surface area contributed by atoms with Crippen molar-refractivity contribution in [3.05, 3.63) is 18.0 Å². The molecule has 0 amide bonds. The van der Waals surface area contributed by atoms with Gasteiger partial charge in [-0.05, 0) is 31.9 Å². The van der Waals surface area contributed by atoms with Crippen molar-refractivity contribution < 1.29 is 18.3 Å². The summed E-state index contributed by atoms with van der Waals surface area (Å²) in [5.74, 6) is -0.606. The molecule has 0 saturated carbocycles. The molecular weight excluding hydrogens is 299 g/mol. The second kappa shape index (κ2) is 5.38. The minimum Gasteiger partial charge on any atom is -0.393 e. The Bertz CT molecular complexity index is 669. The Morgan fingerprint density at radius 2 is 2.09 bits per heavy atom. The van der Waals surface area contributed by atoms with E-state index in [2.05, 4.69) is 15.3 Å². The van der Waals surface area contributed by atoms with Gasteiger partial charge in [-0.25, -0.2) is 0 Å². The third-order valence-corrected chi connectivity index (χ3v) is 3.97. The van der Waals surface area contributed by atoms with Crippen LogP contribution in [0.4, 0.5) is 19.0 Å². The van der Waals surface area contributed by atoms with Gasteiger partial charge in [0, 0.05) is 19.0 Å². The first-order valence-corrected chi connectivity index (χ1v) is 7.09. The summed E-state index contributed by atoms with van der Waals surface area (Å²) >= 11 is 0. The molecule has 0 spiro atoms. The van der Waals surface area contributed by atoms with Crippen LogP contribution in [0.25, 0.3) is 5.65 Å². The molecule has 2 aromatic rings. The van der Waals surface area contributed by atoms with E-state index in [1.54, 1.807) is 13.0 Å². The van der Waals surface area contributed by atoms with Crippen molar-refractivity contribution in [1.29, 1.82) is 0 Å². The molecule has 1 aliphatic heterocycles. The minimum absolute atomic E-state index is 0.0557. The van der Waals surface area contributed by atoms with Crippen molar-refractivity contribution in [2.24, 2.45) is 5.92 Å². The highest BCUT2D eigenvalue weighted by Crippen LogP contribution is 2.29. The monoisotopic (exact) mass is 315 g/mol. The van der Waals surface area contributed by atoms with E-state index in [1.165, 1.54) is 6.07 Å². The molecule has 2 aromatic heterocycles. The van der Waals surface area contributed by atoms with E-state index in [0.717, 1.165) is 17.4 Å². The number of nitrogens with zero attached hydrogens (tertiary/aromatic N) is 5. The van der Waals surface area contributed by atoms with Crippen LogP contribution in [0.2, 0.25) is 0 Å². The van der Waals surface area contributed by atoms with Gasteiger partial charge < -0.3 is 10.0 Å². The van der Waals surface area contributed by atoms with E-state index in [4.69, 9.17) is 0 Å². The van der Waals surface area contributed by atoms with E-state index in [0.29, 0.717) is 18.9 Å². The molecule has 1 aliphatic rings. The molecule has 1 saturated heterocycles. The van der Waals surface area contributed by atoms with E-state index >= 15 is 0 Å². The van der Waals surface area contributed by atoms with Crippen LogP contribution >= 0.6 is 0 Å². The first kappa shape index (κ1) is 15.0. The Balaban J connectivity index is 1.94. The molecule has 120 valence electrons. The lowest BCUT2D eigenvalue weighted by Crippen LogP contribution is -2.40. The van der Waals surface area contributed by atoms with Gasteiger partial charge in [-0.3, -0.25) is 0 Å². The predicted octanol–water partition coefficient (Wildman–Crippen LogP) is 1.74. The van der Waals surface area contributed by atoms with Gasteiger partial charge in [-0.1, -0.05) is 0 Å². The predicted molar refractivity (Wildman–Crippen MR) is 72.4 cm³/mol. The van der Waals surface area contributed by atoms with E-state index in [9.17, 15) is 18.3 Å². The summed E-state index contributed by atoms with van der Waals surface area (Å²) in [5.41, 5.74) is 0.0557. The molecule has 2 unspecified atom stereocenters. The van der Waals surface area contributed by atoms with Crippen molar-refractivity contribution in [2.75, 3.05) is 18.0 Å². The molecule has 0 radical (unpaired) electrons. The van der Waals surface area contributed by atoms with Crippen molar-refractivity contribution >= 4 is 11.5 Å². The number of aliphatic hydroxyl groups excluding tert-OH is 1. The fourth-order valence-electron chi connectivity index (χ4n) is 2.74. The highest BCUT2D eigenvalue weighted by molar-refractivity contribution is 5.46. The van der Waals surface area contributed by atoms with Crippen LogP contribution in [0, 0.1) is 5.92 Å². The van der Waals surface area contributed by atoms with E-state index in [-0.39, 0.29) is 11.6 Å². The average molecular weight is 315 g/mol. The Labute approximate surface area is 124 Å². The van der Waals surface area contributed by atoms with Gasteiger partial charge in [0.1, 0.15) is 5.82 Å². The van der Waals surface area contributed by atoms with Crippen LogP contribution in [0.3, 0.4) is 0 Å². The quantitative estimate of drug-likeness (QED) is 0.914. The number of aromatic nitrogens is 4. The van der Waals surface area contributed by atoms with Crippen LogP contribution in [0.1, 0.15) is 25.6 Å². The molecular formula is C13H16F3N5O. The number of piperidine rings is 1. The summed E-state index contributed by atoms with van der Waals surface area (Å²) in [6.07, 6.45) is -3.29. The lowest BCUT2D eigenvalue weighted by Gasteiger charge is -2.34. The topological polar surface area (TPSA) is 66.5 Å². The van der Waals surface area contributed by atoms with Gasteiger partial charge in [-0.15, -0.1) is 15.3 Å². The molecule has 1 N–H and O–H groups in total. The number of alkyl halides is 3. The number of hydrogen-bond donors (Lipinski definition) is 1. The minimum atomic E-state index is -4.60. The number of rotatable bonds is 2. The third kappa shape index (κ3) is 2.72. The summed E-state index contributed by atoms with van der Waals surface area (Å²) in [7, 11) is 0. The Hall–Kier alpha value is -1.90. The van der Waals surface area contributed by atoms with Crippen molar-refractivity contribution in [3.8, 4) is 0 Å². The van der Waals surface area contributed by atoms with Crippen LogP contribution in [0.5, 0.6) is 0 Å². The van der Waals surface area contributed by atoms with Gasteiger partial charge in [0.2, 0.25) is 0 Å². The van der Waals surface area contributed by atoms with Crippen LogP contribution in [-0.2, 0) is 6.18 Å². The molecule has 3 rings (SSSR count). The SMILES string of the molecule is CC(O)C1CCCN(c2ccc3nnc(C(F)(F)F)n3n2)C1. The van der Waals surface area contributed by atoms with Gasteiger partial charge in [0.15, 0.2) is 5.65 Å². The van der Waals surface area contributed by atoms with Crippen molar-refractivity contribution in [2.45, 2.75) is 32.0 Å². The zero-order chi connectivity index (χ0) is 15.9. The molecule has 6 nitrogen and oxygen atoms in total. The van der Waals surface area contributed by atoms with Crippen molar-refractivity contribution in [3.63, 3.8) is 0 Å². The molecule has 1 fully saturated rings. The lowest BCUT2D eigenvalue weighted by atomic mass is 9.93. The first-order chi connectivity index (χ1) is 10.4. The molecule has 22 heavy (non-hydrogen) atoms. The summed E-state index contributed by atoms with van der Waals surface area (Å²) in [6.45, 7) is 3.00. The van der Waals surface area contributed by atoms with Gasteiger partial charge >= 0.3 is 6.18 Å². The van der Waals surface area contributed by atoms with Gasteiger partial charge in [-0.2, -0.15) is 17.7 Å². The van der Waals surface area contributed by atoms with Crippen LogP contribution < -0.4 is 4.90 Å². The van der Waals surface area contributed by atoms with E-state index in [1.807, 2.05) is 4.90 Å². The number of fused-ring (bicyclic) bond motifs is 1. The molecule has 9 heteroatoms.